The maximum Gasteiger partial charge on any atom is 0.254 e. The van der Waals surface area contributed by atoms with Gasteiger partial charge in [-0.05, 0) is 43.0 Å². The van der Waals surface area contributed by atoms with Crippen LogP contribution in [-0.4, -0.2) is 45.1 Å². The topological polar surface area (TPSA) is 69.2 Å². The number of carbonyl (C=O) groups is 1. The van der Waals surface area contributed by atoms with Crippen molar-refractivity contribution in [3.8, 4) is 11.1 Å². The van der Waals surface area contributed by atoms with E-state index in [-0.39, 0.29) is 17.4 Å². The normalized spacial score (nSPS) is 18.6. The smallest absolute Gasteiger partial charge is 0.254 e. The molecular formula is C21H20ClN3O2. The lowest BCUT2D eigenvalue weighted by molar-refractivity contribution is -0.113. The summed E-state index contributed by atoms with van der Waals surface area (Å²) >= 11 is 6.10. The number of aliphatic hydroxyl groups excluding tert-OH is 1. The van der Waals surface area contributed by atoms with Crippen LogP contribution in [0.15, 0.2) is 36.7 Å². The van der Waals surface area contributed by atoms with E-state index in [1.807, 2.05) is 42.3 Å². The van der Waals surface area contributed by atoms with Gasteiger partial charge < -0.3 is 15.0 Å². The monoisotopic (exact) mass is 381 g/mol. The molecule has 5 nitrogen and oxygen atoms in total. The van der Waals surface area contributed by atoms with Gasteiger partial charge in [0.15, 0.2) is 0 Å². The van der Waals surface area contributed by atoms with Gasteiger partial charge in [-0.15, -0.1) is 0 Å². The van der Waals surface area contributed by atoms with Crippen molar-refractivity contribution in [2.45, 2.75) is 25.9 Å². The first-order valence-corrected chi connectivity index (χ1v) is 9.53. The van der Waals surface area contributed by atoms with Crippen LogP contribution in [0, 0.1) is 12.3 Å². The minimum atomic E-state index is -0.178. The average molecular weight is 382 g/mol. The molecule has 1 saturated carbocycles. The number of carbonyl (C=O) groups excluding carboxylic acids is 1. The van der Waals surface area contributed by atoms with Crippen molar-refractivity contribution in [1.82, 2.24) is 14.9 Å². The highest BCUT2D eigenvalue weighted by Gasteiger charge is 2.53. The number of aryl methyl sites for hydroxylation is 1. The molecule has 138 valence electrons. The highest BCUT2D eigenvalue weighted by atomic mass is 35.5. The zero-order valence-corrected chi connectivity index (χ0v) is 15.8. The van der Waals surface area contributed by atoms with Gasteiger partial charge in [0.05, 0.1) is 11.1 Å². The zero-order valence-electron chi connectivity index (χ0n) is 15.0. The second kappa shape index (κ2) is 5.81. The molecule has 0 radical (unpaired) electrons. The quantitative estimate of drug-likeness (QED) is 0.709. The molecule has 1 aromatic carbocycles. The maximum atomic E-state index is 12.8. The van der Waals surface area contributed by atoms with E-state index in [2.05, 4.69) is 9.97 Å². The lowest BCUT2D eigenvalue weighted by Crippen LogP contribution is -2.65. The number of pyridine rings is 1. The van der Waals surface area contributed by atoms with Crippen molar-refractivity contribution in [2.75, 3.05) is 13.1 Å². The second-order valence-electron chi connectivity index (χ2n) is 8.01. The number of nitrogens with zero attached hydrogens (tertiary/aromatic N) is 2. The second-order valence-corrected chi connectivity index (χ2v) is 8.44. The highest BCUT2D eigenvalue weighted by Crippen LogP contribution is 2.48. The fourth-order valence-corrected chi connectivity index (χ4v) is 4.72. The Bertz CT molecular complexity index is 1060. The summed E-state index contributed by atoms with van der Waals surface area (Å²) in [4.78, 5) is 22.2. The van der Waals surface area contributed by atoms with Crippen LogP contribution in [0.4, 0.5) is 0 Å². The number of aromatic amines is 1. The van der Waals surface area contributed by atoms with Crippen LogP contribution in [-0.2, 0) is 0 Å². The van der Waals surface area contributed by atoms with Crippen LogP contribution < -0.4 is 0 Å². The number of rotatable bonds is 2. The van der Waals surface area contributed by atoms with E-state index in [0.29, 0.717) is 5.02 Å². The van der Waals surface area contributed by atoms with Gasteiger partial charge in [0.2, 0.25) is 0 Å². The van der Waals surface area contributed by atoms with Crippen LogP contribution in [0.1, 0.15) is 28.8 Å². The molecule has 3 aromatic rings. The van der Waals surface area contributed by atoms with Crippen molar-refractivity contribution < 1.29 is 9.90 Å². The van der Waals surface area contributed by atoms with Gasteiger partial charge in [0, 0.05) is 47.4 Å². The van der Waals surface area contributed by atoms with Gasteiger partial charge in [0.25, 0.3) is 5.91 Å². The molecule has 1 aliphatic heterocycles. The number of fused-ring (bicyclic) bond motifs is 1. The van der Waals surface area contributed by atoms with Crippen LogP contribution in [0.25, 0.3) is 22.2 Å². The summed E-state index contributed by atoms with van der Waals surface area (Å²) in [7, 11) is 0. The summed E-state index contributed by atoms with van der Waals surface area (Å²) in [6.07, 6.45) is 5.02. The summed E-state index contributed by atoms with van der Waals surface area (Å²) in [5.41, 5.74) is 4.72. The molecule has 2 N–H and O–H groups in total. The van der Waals surface area contributed by atoms with Crippen LogP contribution >= 0.6 is 11.6 Å². The molecule has 0 unspecified atom stereocenters. The number of amides is 1. The Morgan fingerprint density at radius 3 is 2.81 bits per heavy atom. The Morgan fingerprint density at radius 1 is 1.33 bits per heavy atom. The van der Waals surface area contributed by atoms with E-state index in [9.17, 15) is 9.90 Å². The van der Waals surface area contributed by atoms with Crippen molar-refractivity contribution in [3.05, 3.63) is 52.8 Å². The molecule has 1 spiro atoms. The Hall–Kier alpha value is -2.37. The first-order valence-electron chi connectivity index (χ1n) is 9.15. The molecule has 5 rings (SSSR count). The standard InChI is InChI=1S/C21H20ClN3O2/c1-12-4-13(18-9-24-19-17(18)5-14(22)8-23-19)2-3-16(12)20(27)25-10-21(11-25)6-15(26)7-21/h2-5,8-9,15,26H,6-7,10-11H2,1H3,(H,23,24). The third kappa shape index (κ3) is 2.65. The molecule has 3 heterocycles. The maximum absolute atomic E-state index is 12.8. The molecule has 6 heteroatoms. The van der Waals surface area contributed by atoms with E-state index < -0.39 is 0 Å². The Morgan fingerprint density at radius 2 is 2.11 bits per heavy atom. The first-order chi connectivity index (χ1) is 12.9. The lowest BCUT2D eigenvalue weighted by atomic mass is 9.62. The van der Waals surface area contributed by atoms with Crippen molar-refractivity contribution in [3.63, 3.8) is 0 Å². The molecule has 0 atom stereocenters. The van der Waals surface area contributed by atoms with Gasteiger partial charge in [-0.2, -0.15) is 0 Å². The molecular weight excluding hydrogens is 362 g/mol. The number of benzene rings is 1. The lowest BCUT2D eigenvalue weighted by Gasteiger charge is -2.57. The van der Waals surface area contributed by atoms with E-state index in [4.69, 9.17) is 11.6 Å². The molecule has 27 heavy (non-hydrogen) atoms. The number of hydrogen-bond donors (Lipinski definition) is 2. The van der Waals surface area contributed by atoms with Crippen LogP contribution in [0.5, 0.6) is 0 Å². The number of aliphatic hydroxyl groups is 1. The molecule has 2 fully saturated rings. The van der Waals surface area contributed by atoms with E-state index in [1.54, 1.807) is 6.20 Å². The Balaban J connectivity index is 1.41. The van der Waals surface area contributed by atoms with Gasteiger partial charge >= 0.3 is 0 Å². The first kappa shape index (κ1) is 16.8. The minimum Gasteiger partial charge on any atom is -0.393 e. The number of aromatic nitrogens is 2. The largest absolute Gasteiger partial charge is 0.393 e. The van der Waals surface area contributed by atoms with Crippen molar-refractivity contribution >= 4 is 28.5 Å². The van der Waals surface area contributed by atoms with Crippen molar-refractivity contribution in [1.29, 1.82) is 0 Å². The van der Waals surface area contributed by atoms with Crippen LogP contribution in [0.2, 0.25) is 5.02 Å². The van der Waals surface area contributed by atoms with E-state index in [1.165, 1.54) is 0 Å². The number of halogens is 1. The Labute approximate surface area is 162 Å². The van der Waals surface area contributed by atoms with Gasteiger partial charge in [-0.3, -0.25) is 4.79 Å². The van der Waals surface area contributed by atoms with Gasteiger partial charge in [-0.1, -0.05) is 23.7 Å². The number of nitrogens with one attached hydrogen (secondary N) is 1. The molecule has 0 bridgehead atoms. The molecule has 2 aromatic heterocycles. The molecule has 1 saturated heterocycles. The summed E-state index contributed by atoms with van der Waals surface area (Å²) in [5.74, 6) is 0.0784. The highest BCUT2D eigenvalue weighted by molar-refractivity contribution is 6.31. The SMILES string of the molecule is Cc1cc(-c2c[nH]c3ncc(Cl)cc23)ccc1C(=O)N1CC2(CC(O)C2)C1. The number of hydrogen-bond acceptors (Lipinski definition) is 3. The third-order valence-electron chi connectivity index (χ3n) is 5.94. The average Bonchev–Trinajstić information content (AvgIpc) is 2.99. The fourth-order valence-electron chi connectivity index (χ4n) is 4.56. The number of likely N-dealkylation sites (tertiary alicyclic amines) is 1. The van der Waals surface area contributed by atoms with Crippen molar-refractivity contribution in [2.24, 2.45) is 5.41 Å². The molecule has 2 aliphatic rings. The van der Waals surface area contributed by atoms with E-state index >= 15 is 0 Å². The third-order valence-corrected chi connectivity index (χ3v) is 6.15. The predicted octanol–water partition coefficient (Wildman–Crippen LogP) is 3.79. The zero-order chi connectivity index (χ0) is 18.8. The fraction of sp³-hybridized carbons (Fsp3) is 0.333. The van der Waals surface area contributed by atoms with E-state index in [0.717, 1.165) is 59.2 Å². The summed E-state index contributed by atoms with van der Waals surface area (Å²) in [5, 5.41) is 11.1. The van der Waals surface area contributed by atoms with Gasteiger partial charge in [-0.25, -0.2) is 4.98 Å². The minimum absolute atomic E-state index is 0.0784. The summed E-state index contributed by atoms with van der Waals surface area (Å²) < 4.78 is 0. The molecule has 1 aliphatic carbocycles. The molecule has 1 amide bonds. The van der Waals surface area contributed by atoms with Crippen LogP contribution in [0.3, 0.4) is 0 Å². The van der Waals surface area contributed by atoms with Gasteiger partial charge in [0.1, 0.15) is 5.65 Å². The number of H-pyrrole nitrogens is 1. The summed E-state index contributed by atoms with van der Waals surface area (Å²) in [6, 6.07) is 7.83. The predicted molar refractivity (Wildman–Crippen MR) is 105 cm³/mol. The Kier molecular flexibility index (Phi) is 3.61. The summed E-state index contributed by atoms with van der Waals surface area (Å²) in [6.45, 7) is 3.49.